The van der Waals surface area contributed by atoms with Crippen LogP contribution in [0.25, 0.3) is 10.9 Å². The minimum atomic E-state index is 0.302. The second kappa shape index (κ2) is 20.9. The summed E-state index contributed by atoms with van der Waals surface area (Å²) in [6.45, 7) is 22.2. The minimum Gasteiger partial charge on any atom is -0.358 e. The molecule has 2 N–H and O–H groups in total. The fourth-order valence-electron chi connectivity index (χ4n) is 4.28. The van der Waals surface area contributed by atoms with E-state index in [1.54, 1.807) is 24.0 Å². The van der Waals surface area contributed by atoms with E-state index in [1.165, 1.54) is 46.1 Å². The number of anilines is 2. The predicted octanol–water partition coefficient (Wildman–Crippen LogP) is 11.6. The monoisotopic (exact) mass is 566 g/mol. The molecule has 1 unspecified atom stereocenters. The first-order valence-corrected chi connectivity index (χ1v) is 15.6. The lowest BCUT2D eigenvalue weighted by molar-refractivity contribution is 0.838. The summed E-state index contributed by atoms with van der Waals surface area (Å²) in [7, 11) is 0. The van der Waals surface area contributed by atoms with E-state index < -0.39 is 0 Å². The highest BCUT2D eigenvalue weighted by Gasteiger charge is 2.18. The summed E-state index contributed by atoms with van der Waals surface area (Å²) in [6, 6.07) is 17.0. The molecule has 1 fully saturated rings. The Kier molecular flexibility index (Phi) is 18.0. The molecule has 5 rings (SSSR count). The third-order valence-electron chi connectivity index (χ3n) is 6.54. The normalized spacial score (nSPS) is 11.8. The first-order chi connectivity index (χ1) is 20.5. The molecule has 2 aromatic heterocycles. The molecule has 1 aliphatic rings. The van der Waals surface area contributed by atoms with Crippen molar-refractivity contribution >= 4 is 22.5 Å². The third kappa shape index (κ3) is 11.9. The SMILES string of the molecule is C=C/C=C/C.CC.CC.CC=C1CC1.CCCc1c(C(C)c2ccc(Nc3ncccn3)cc2)[nH]c2ccc(C)cc12. The van der Waals surface area contributed by atoms with Gasteiger partial charge in [-0.05, 0) is 81.5 Å². The van der Waals surface area contributed by atoms with Crippen LogP contribution in [-0.2, 0) is 6.42 Å². The summed E-state index contributed by atoms with van der Waals surface area (Å²) in [4.78, 5) is 12.1. The Morgan fingerprint density at radius 3 is 2.10 bits per heavy atom. The van der Waals surface area contributed by atoms with Crippen LogP contribution in [0.1, 0.15) is 103 Å². The Morgan fingerprint density at radius 1 is 0.976 bits per heavy atom. The number of hydrogen-bond acceptors (Lipinski definition) is 3. The molecule has 4 aromatic rings. The molecule has 4 heteroatoms. The van der Waals surface area contributed by atoms with Crippen molar-refractivity contribution in [3.05, 3.63) is 120 Å². The molecule has 1 aliphatic carbocycles. The number of allylic oxidation sites excluding steroid dienone is 5. The van der Waals surface area contributed by atoms with Crippen LogP contribution in [0.2, 0.25) is 0 Å². The minimum absolute atomic E-state index is 0.302. The summed E-state index contributed by atoms with van der Waals surface area (Å²) in [5, 5.41) is 4.60. The molecule has 0 saturated heterocycles. The van der Waals surface area contributed by atoms with Crippen LogP contribution in [0.4, 0.5) is 11.6 Å². The number of nitrogens with zero attached hydrogens (tertiary/aromatic N) is 2. The molecule has 0 spiro atoms. The zero-order valence-corrected chi connectivity index (χ0v) is 27.6. The van der Waals surface area contributed by atoms with E-state index in [4.69, 9.17) is 0 Å². The number of benzene rings is 2. The van der Waals surface area contributed by atoms with E-state index in [1.807, 2.05) is 52.8 Å². The number of H-pyrrole nitrogens is 1. The number of rotatable bonds is 7. The van der Waals surface area contributed by atoms with E-state index >= 15 is 0 Å². The van der Waals surface area contributed by atoms with Gasteiger partial charge >= 0.3 is 0 Å². The molecular weight excluding hydrogens is 512 g/mol. The molecule has 1 saturated carbocycles. The highest BCUT2D eigenvalue weighted by Crippen LogP contribution is 2.33. The molecule has 4 nitrogen and oxygen atoms in total. The smallest absolute Gasteiger partial charge is 0.227 e. The summed E-state index contributed by atoms with van der Waals surface area (Å²) in [5.74, 6) is 0.913. The predicted molar refractivity (Wildman–Crippen MR) is 187 cm³/mol. The second-order valence-corrected chi connectivity index (χ2v) is 9.57. The number of nitrogens with one attached hydrogen (secondary N) is 2. The maximum absolute atomic E-state index is 4.22. The third-order valence-corrected chi connectivity index (χ3v) is 6.54. The zero-order chi connectivity index (χ0) is 31.3. The first-order valence-electron chi connectivity index (χ1n) is 15.6. The lowest BCUT2D eigenvalue weighted by Gasteiger charge is -2.14. The Balaban J connectivity index is 0.000000527. The molecule has 2 aromatic carbocycles. The topological polar surface area (TPSA) is 53.6 Å². The molecular formula is C38H54N4. The quantitative estimate of drug-likeness (QED) is 0.173. The van der Waals surface area contributed by atoms with Crippen molar-refractivity contribution in [2.45, 2.75) is 93.9 Å². The van der Waals surface area contributed by atoms with Crippen LogP contribution in [0.15, 0.2) is 97.4 Å². The van der Waals surface area contributed by atoms with Gasteiger partial charge in [-0.1, -0.05) is 108 Å². The maximum atomic E-state index is 4.22. The molecule has 42 heavy (non-hydrogen) atoms. The van der Waals surface area contributed by atoms with Gasteiger partial charge in [0, 0.05) is 40.6 Å². The summed E-state index contributed by atoms with van der Waals surface area (Å²) >= 11 is 0. The Labute approximate surface area is 256 Å². The van der Waals surface area contributed by atoms with Gasteiger partial charge in [-0.25, -0.2) is 9.97 Å². The van der Waals surface area contributed by atoms with Gasteiger partial charge in [-0.15, -0.1) is 0 Å². The van der Waals surface area contributed by atoms with E-state index in [2.05, 4.69) is 103 Å². The van der Waals surface area contributed by atoms with Crippen molar-refractivity contribution in [1.82, 2.24) is 15.0 Å². The standard InChI is InChI=1S/C24H26N4.2C5H8.2C2H6/c1-4-6-20-21-15-16(2)7-12-22(21)28-23(20)17(3)18-8-10-19(11-9-18)27-24-25-13-5-14-26-24;1-2-5-3-4-5;1-3-5-4-2;2*1-2/h5,7-15,17,28H,4,6H2,1-3H3,(H,25,26,27);2H,3-4H2,1H3;3-5H,1H2,2H3;2*1-2H3/b;;5-4+;;. The highest BCUT2D eigenvalue weighted by atomic mass is 15.1. The van der Waals surface area contributed by atoms with Gasteiger partial charge in [0.2, 0.25) is 5.95 Å². The summed E-state index contributed by atoms with van der Waals surface area (Å²) in [6.07, 6.45) is 16.2. The number of fused-ring (bicyclic) bond motifs is 1. The van der Waals surface area contributed by atoms with Crippen LogP contribution in [0.5, 0.6) is 0 Å². The zero-order valence-electron chi connectivity index (χ0n) is 27.6. The lowest BCUT2D eigenvalue weighted by Crippen LogP contribution is -2.01. The maximum Gasteiger partial charge on any atom is 0.227 e. The van der Waals surface area contributed by atoms with Gasteiger partial charge < -0.3 is 10.3 Å². The van der Waals surface area contributed by atoms with Crippen LogP contribution < -0.4 is 5.32 Å². The van der Waals surface area contributed by atoms with Gasteiger partial charge in [0.25, 0.3) is 0 Å². The van der Waals surface area contributed by atoms with Crippen molar-refractivity contribution in [1.29, 1.82) is 0 Å². The van der Waals surface area contributed by atoms with Gasteiger partial charge in [-0.3, -0.25) is 0 Å². The van der Waals surface area contributed by atoms with Crippen molar-refractivity contribution in [3.8, 4) is 0 Å². The molecule has 1 atom stereocenters. The Hall–Kier alpha value is -3.92. The second-order valence-electron chi connectivity index (χ2n) is 9.57. The van der Waals surface area contributed by atoms with E-state index in [-0.39, 0.29) is 0 Å². The van der Waals surface area contributed by atoms with Gasteiger partial charge in [-0.2, -0.15) is 0 Å². The average molecular weight is 567 g/mol. The van der Waals surface area contributed by atoms with E-state index in [9.17, 15) is 0 Å². The van der Waals surface area contributed by atoms with E-state index in [0.717, 1.165) is 18.5 Å². The number of hydrogen-bond donors (Lipinski definition) is 2. The largest absolute Gasteiger partial charge is 0.358 e. The molecule has 0 radical (unpaired) electrons. The van der Waals surface area contributed by atoms with Gasteiger partial charge in [0.05, 0.1) is 0 Å². The lowest BCUT2D eigenvalue weighted by atomic mass is 9.92. The first kappa shape index (κ1) is 36.1. The fraction of sp³-hybridized carbons (Fsp3) is 0.368. The summed E-state index contributed by atoms with van der Waals surface area (Å²) < 4.78 is 0. The molecule has 2 heterocycles. The molecule has 226 valence electrons. The number of aromatic nitrogens is 3. The Bertz CT molecular complexity index is 1340. The molecule has 0 bridgehead atoms. The van der Waals surface area contributed by atoms with Crippen LogP contribution >= 0.6 is 0 Å². The molecule has 0 amide bonds. The molecule has 0 aliphatic heterocycles. The number of aromatic amines is 1. The van der Waals surface area contributed by atoms with Crippen LogP contribution in [0, 0.1) is 6.92 Å². The van der Waals surface area contributed by atoms with E-state index in [0.29, 0.717) is 11.9 Å². The number of aryl methyl sites for hydroxylation is 2. The van der Waals surface area contributed by atoms with Gasteiger partial charge in [0.1, 0.15) is 0 Å². The van der Waals surface area contributed by atoms with Gasteiger partial charge in [0.15, 0.2) is 0 Å². The van der Waals surface area contributed by atoms with Crippen LogP contribution in [0.3, 0.4) is 0 Å². The van der Waals surface area contributed by atoms with Crippen molar-refractivity contribution in [3.63, 3.8) is 0 Å². The summed E-state index contributed by atoms with van der Waals surface area (Å²) in [5.41, 5.74) is 9.23. The fourth-order valence-corrected chi connectivity index (χ4v) is 4.28. The Morgan fingerprint density at radius 2 is 1.62 bits per heavy atom. The highest BCUT2D eigenvalue weighted by molar-refractivity contribution is 5.85. The van der Waals surface area contributed by atoms with Crippen molar-refractivity contribution < 1.29 is 0 Å². The average Bonchev–Trinajstić information content (AvgIpc) is 3.82. The van der Waals surface area contributed by atoms with Crippen molar-refractivity contribution in [2.75, 3.05) is 5.32 Å². The van der Waals surface area contributed by atoms with Crippen molar-refractivity contribution in [2.24, 2.45) is 0 Å². The van der Waals surface area contributed by atoms with Crippen LogP contribution in [-0.4, -0.2) is 15.0 Å².